The number of nitrogens with zero attached hydrogens (tertiary/aromatic N) is 4. The molecule has 1 aromatic heterocycles. The van der Waals surface area contributed by atoms with Crippen LogP contribution in [0.15, 0.2) is 60.8 Å². The lowest BCUT2D eigenvalue weighted by atomic mass is 9.91. The normalized spacial score (nSPS) is 15.4. The van der Waals surface area contributed by atoms with Crippen molar-refractivity contribution in [1.82, 2.24) is 19.9 Å². The number of likely N-dealkylation sites (tertiary alicyclic amines) is 1. The lowest BCUT2D eigenvalue weighted by Gasteiger charge is -2.13. The number of aromatic nitrogens is 3. The lowest BCUT2D eigenvalue weighted by Crippen LogP contribution is -2.24. The maximum Gasteiger partial charge on any atom is 0.113 e. The molecule has 0 spiro atoms. The number of rotatable bonds is 4. The first kappa shape index (κ1) is 16.0. The summed E-state index contributed by atoms with van der Waals surface area (Å²) in [6.07, 6.45) is 4.75. The van der Waals surface area contributed by atoms with Gasteiger partial charge >= 0.3 is 0 Å². The zero-order valence-electron chi connectivity index (χ0n) is 15.8. The molecule has 0 N–H and O–H groups in total. The molecule has 4 heteroatoms. The van der Waals surface area contributed by atoms with E-state index < -0.39 is 0 Å². The van der Waals surface area contributed by atoms with Gasteiger partial charge in [-0.15, -0.1) is 5.10 Å². The summed E-state index contributed by atoms with van der Waals surface area (Å²) in [5.74, 6) is 0. The van der Waals surface area contributed by atoms with Gasteiger partial charge in [-0.25, -0.2) is 0 Å². The molecule has 0 aliphatic carbocycles. The van der Waals surface area contributed by atoms with E-state index in [1.807, 2.05) is 4.68 Å². The summed E-state index contributed by atoms with van der Waals surface area (Å²) >= 11 is 0. The quantitative estimate of drug-likeness (QED) is 0.423. The molecule has 1 aliphatic rings. The van der Waals surface area contributed by atoms with Gasteiger partial charge in [0.15, 0.2) is 0 Å². The predicted octanol–water partition coefficient (Wildman–Crippen LogP) is 4.94. The molecule has 6 rings (SSSR count). The summed E-state index contributed by atoms with van der Waals surface area (Å²) in [6, 6.07) is 19.8. The smallest absolute Gasteiger partial charge is 0.113 e. The van der Waals surface area contributed by atoms with Gasteiger partial charge in [-0.3, -0.25) is 4.68 Å². The lowest BCUT2D eigenvalue weighted by molar-refractivity contribution is 0.314. The van der Waals surface area contributed by atoms with E-state index in [-0.39, 0.29) is 0 Å². The minimum atomic E-state index is 0.902. The molecule has 0 unspecified atom stereocenters. The summed E-state index contributed by atoms with van der Waals surface area (Å²) in [6.45, 7) is 4.40. The Kier molecular flexibility index (Phi) is 3.59. The second-order valence-corrected chi connectivity index (χ2v) is 7.88. The van der Waals surface area contributed by atoms with E-state index in [0.29, 0.717) is 0 Å². The van der Waals surface area contributed by atoms with Crippen LogP contribution in [-0.4, -0.2) is 39.5 Å². The van der Waals surface area contributed by atoms with Gasteiger partial charge in [-0.2, -0.15) is 0 Å². The van der Waals surface area contributed by atoms with Gasteiger partial charge in [0.25, 0.3) is 0 Å². The minimum absolute atomic E-state index is 0.902. The molecule has 5 aromatic rings. The molecule has 0 atom stereocenters. The summed E-state index contributed by atoms with van der Waals surface area (Å²) < 4.78 is 1.99. The third-order valence-electron chi connectivity index (χ3n) is 6.19. The van der Waals surface area contributed by atoms with Crippen LogP contribution in [0.5, 0.6) is 0 Å². The van der Waals surface area contributed by atoms with Crippen molar-refractivity contribution in [2.75, 3.05) is 19.6 Å². The van der Waals surface area contributed by atoms with E-state index in [9.17, 15) is 0 Å². The molecule has 4 nitrogen and oxygen atoms in total. The standard InChI is InChI=1S/C24H22N4/c1-2-13-27(12-1)14-15-28-16-22(25-26-28)20-10-8-19-7-6-17-4-3-5-18-9-11-21(20)24(19)23(17)18/h3-11,16H,1-2,12-15H2. The molecular formula is C24H22N4. The SMILES string of the molecule is c1cc2ccc3ccc(-c4cn(CCN5CCCC5)nn4)c4ccc(c1)c2c34. The van der Waals surface area contributed by atoms with Crippen LogP contribution in [0.1, 0.15) is 12.8 Å². The first-order valence-electron chi connectivity index (χ1n) is 10.2. The molecule has 138 valence electrons. The monoisotopic (exact) mass is 366 g/mol. The second kappa shape index (κ2) is 6.28. The molecule has 4 aromatic carbocycles. The number of hydrogen-bond donors (Lipinski definition) is 0. The van der Waals surface area contributed by atoms with Gasteiger partial charge in [0.1, 0.15) is 5.69 Å². The Morgan fingerprint density at radius 1 is 0.750 bits per heavy atom. The molecular weight excluding hydrogens is 344 g/mol. The Hall–Kier alpha value is -2.98. The van der Waals surface area contributed by atoms with E-state index in [2.05, 4.69) is 76.0 Å². The molecule has 0 saturated carbocycles. The Morgan fingerprint density at radius 2 is 1.46 bits per heavy atom. The first-order valence-corrected chi connectivity index (χ1v) is 10.2. The van der Waals surface area contributed by atoms with Crippen molar-refractivity contribution in [3.63, 3.8) is 0 Å². The fourth-order valence-corrected chi connectivity index (χ4v) is 4.74. The topological polar surface area (TPSA) is 34.0 Å². The summed E-state index contributed by atoms with van der Waals surface area (Å²) in [4.78, 5) is 2.51. The maximum atomic E-state index is 4.51. The van der Waals surface area contributed by atoms with E-state index in [1.54, 1.807) is 0 Å². The van der Waals surface area contributed by atoms with Crippen LogP contribution in [0.2, 0.25) is 0 Å². The van der Waals surface area contributed by atoms with Gasteiger partial charge in [-0.05, 0) is 58.2 Å². The third-order valence-corrected chi connectivity index (χ3v) is 6.19. The van der Waals surface area contributed by atoms with Gasteiger partial charge in [-0.1, -0.05) is 59.8 Å². The maximum absolute atomic E-state index is 4.51. The van der Waals surface area contributed by atoms with E-state index in [1.165, 1.54) is 58.2 Å². The highest BCUT2D eigenvalue weighted by molar-refractivity contribution is 6.25. The molecule has 1 fully saturated rings. The average Bonchev–Trinajstić information content (AvgIpc) is 3.42. The van der Waals surface area contributed by atoms with Crippen molar-refractivity contribution in [2.45, 2.75) is 19.4 Å². The van der Waals surface area contributed by atoms with Crippen LogP contribution in [-0.2, 0) is 6.54 Å². The highest BCUT2D eigenvalue weighted by Crippen LogP contribution is 2.38. The molecule has 28 heavy (non-hydrogen) atoms. The van der Waals surface area contributed by atoms with Crippen molar-refractivity contribution in [3.05, 3.63) is 60.8 Å². The van der Waals surface area contributed by atoms with Crippen LogP contribution >= 0.6 is 0 Å². The summed E-state index contributed by atoms with van der Waals surface area (Å²) in [5, 5.41) is 16.7. The fourth-order valence-electron chi connectivity index (χ4n) is 4.74. The Morgan fingerprint density at radius 3 is 2.29 bits per heavy atom. The molecule has 2 heterocycles. The summed E-state index contributed by atoms with van der Waals surface area (Å²) in [5.41, 5.74) is 2.12. The van der Waals surface area contributed by atoms with Crippen molar-refractivity contribution >= 4 is 32.3 Å². The summed E-state index contributed by atoms with van der Waals surface area (Å²) in [7, 11) is 0. The van der Waals surface area contributed by atoms with Crippen molar-refractivity contribution in [2.24, 2.45) is 0 Å². The largest absolute Gasteiger partial charge is 0.301 e. The number of benzene rings is 4. The predicted molar refractivity (Wildman–Crippen MR) is 115 cm³/mol. The molecule has 1 aliphatic heterocycles. The third kappa shape index (κ3) is 2.49. The first-order chi connectivity index (χ1) is 13.9. The van der Waals surface area contributed by atoms with Crippen LogP contribution in [0.25, 0.3) is 43.6 Å². The van der Waals surface area contributed by atoms with E-state index >= 15 is 0 Å². The Labute approximate surface area is 163 Å². The number of hydrogen-bond acceptors (Lipinski definition) is 3. The van der Waals surface area contributed by atoms with Gasteiger partial charge in [0.2, 0.25) is 0 Å². The van der Waals surface area contributed by atoms with Gasteiger partial charge in [0, 0.05) is 12.1 Å². The highest BCUT2D eigenvalue weighted by Gasteiger charge is 2.15. The zero-order chi connectivity index (χ0) is 18.5. The highest BCUT2D eigenvalue weighted by atomic mass is 15.4. The minimum Gasteiger partial charge on any atom is -0.301 e. The van der Waals surface area contributed by atoms with Crippen LogP contribution < -0.4 is 0 Å². The van der Waals surface area contributed by atoms with E-state index in [4.69, 9.17) is 0 Å². The van der Waals surface area contributed by atoms with Gasteiger partial charge < -0.3 is 4.90 Å². The van der Waals surface area contributed by atoms with Crippen LogP contribution in [0.4, 0.5) is 0 Å². The second-order valence-electron chi connectivity index (χ2n) is 7.88. The molecule has 1 saturated heterocycles. The van der Waals surface area contributed by atoms with Crippen LogP contribution in [0, 0.1) is 0 Å². The van der Waals surface area contributed by atoms with E-state index in [0.717, 1.165) is 24.3 Å². The van der Waals surface area contributed by atoms with Crippen molar-refractivity contribution < 1.29 is 0 Å². The zero-order valence-corrected chi connectivity index (χ0v) is 15.8. The van der Waals surface area contributed by atoms with Crippen molar-refractivity contribution in [3.8, 4) is 11.3 Å². The fraction of sp³-hybridized carbons (Fsp3) is 0.250. The Balaban J connectivity index is 1.44. The molecule has 0 radical (unpaired) electrons. The Bertz CT molecular complexity index is 1260. The molecule has 0 amide bonds. The van der Waals surface area contributed by atoms with Crippen molar-refractivity contribution in [1.29, 1.82) is 0 Å². The van der Waals surface area contributed by atoms with Crippen LogP contribution in [0.3, 0.4) is 0 Å². The molecule has 0 bridgehead atoms. The van der Waals surface area contributed by atoms with Gasteiger partial charge in [0.05, 0.1) is 12.7 Å². The average molecular weight is 366 g/mol.